The third-order valence-corrected chi connectivity index (χ3v) is 1.18. The quantitative estimate of drug-likeness (QED) is 0.510. The molecule has 1 heteroatoms. The number of allylic oxidation sites excluding steroid dienone is 2. The first-order valence-corrected chi connectivity index (χ1v) is 2.90. The van der Waals surface area contributed by atoms with Gasteiger partial charge in [-0.1, -0.05) is 26.8 Å². The molecule has 48 valence electrons. The molecule has 0 amide bonds. The topological polar surface area (TPSA) is 26.0 Å². The molecule has 0 atom stereocenters. The lowest BCUT2D eigenvalue weighted by Crippen LogP contribution is -2.16. The molecular weight excluding hydrogens is 98.1 g/mol. The van der Waals surface area contributed by atoms with Gasteiger partial charge in [0.25, 0.3) is 0 Å². The lowest BCUT2D eigenvalue weighted by Gasteiger charge is -2.17. The predicted molar refractivity (Wildman–Crippen MR) is 37.4 cm³/mol. The average Bonchev–Trinajstić information content (AvgIpc) is 1.62. The van der Waals surface area contributed by atoms with E-state index in [1.165, 1.54) is 0 Å². The molecule has 0 saturated heterocycles. The van der Waals surface area contributed by atoms with Gasteiger partial charge in [0, 0.05) is 11.1 Å². The second-order valence-corrected chi connectivity index (χ2v) is 2.99. The zero-order chi connectivity index (χ0) is 6.78. The standard InChI is InChI=1S/C7H15N/c1-5-6(8)7(2,3)4/h5H,8H2,1-4H3. The molecule has 0 bridgehead atoms. The molecule has 0 saturated carbocycles. The van der Waals surface area contributed by atoms with Gasteiger partial charge >= 0.3 is 0 Å². The van der Waals surface area contributed by atoms with Gasteiger partial charge in [0.1, 0.15) is 0 Å². The summed E-state index contributed by atoms with van der Waals surface area (Å²) >= 11 is 0. The van der Waals surface area contributed by atoms with Crippen LogP contribution in [0, 0.1) is 5.41 Å². The molecule has 0 aromatic carbocycles. The summed E-state index contributed by atoms with van der Waals surface area (Å²) in [6.07, 6.45) is 1.94. The summed E-state index contributed by atoms with van der Waals surface area (Å²) in [5.41, 5.74) is 6.71. The van der Waals surface area contributed by atoms with Crippen LogP contribution in [-0.4, -0.2) is 0 Å². The SMILES string of the molecule is CC=C(N)C(C)(C)C. The lowest BCUT2D eigenvalue weighted by atomic mass is 9.92. The Bertz CT molecular complexity index is 95.4. The molecule has 0 rings (SSSR count). The number of nitrogens with two attached hydrogens (primary N) is 1. The van der Waals surface area contributed by atoms with Crippen LogP contribution in [0.25, 0.3) is 0 Å². The summed E-state index contributed by atoms with van der Waals surface area (Å²) < 4.78 is 0. The molecular formula is C7H15N. The summed E-state index contributed by atoms with van der Waals surface area (Å²) in [7, 11) is 0. The molecule has 0 aliphatic heterocycles. The number of rotatable bonds is 0. The van der Waals surface area contributed by atoms with Crippen LogP contribution < -0.4 is 5.73 Å². The van der Waals surface area contributed by atoms with Gasteiger partial charge in [0.2, 0.25) is 0 Å². The highest BCUT2D eigenvalue weighted by atomic mass is 14.6. The van der Waals surface area contributed by atoms with Gasteiger partial charge in [-0.2, -0.15) is 0 Å². The fourth-order valence-corrected chi connectivity index (χ4v) is 0.433. The highest BCUT2D eigenvalue weighted by Crippen LogP contribution is 2.19. The van der Waals surface area contributed by atoms with Crippen LogP contribution in [0.4, 0.5) is 0 Å². The Balaban J connectivity index is 4.03. The summed E-state index contributed by atoms with van der Waals surface area (Å²) in [4.78, 5) is 0. The maximum absolute atomic E-state index is 5.61. The van der Waals surface area contributed by atoms with Crippen molar-refractivity contribution in [1.29, 1.82) is 0 Å². The Morgan fingerprint density at radius 1 is 1.38 bits per heavy atom. The normalized spacial score (nSPS) is 14.2. The van der Waals surface area contributed by atoms with Crippen molar-refractivity contribution >= 4 is 0 Å². The molecule has 0 spiro atoms. The van der Waals surface area contributed by atoms with Gasteiger partial charge in [-0.15, -0.1) is 0 Å². The molecule has 0 aromatic heterocycles. The van der Waals surface area contributed by atoms with Crippen LogP contribution in [0.1, 0.15) is 27.7 Å². The second-order valence-electron chi connectivity index (χ2n) is 2.99. The van der Waals surface area contributed by atoms with E-state index in [0.29, 0.717) is 0 Å². The Morgan fingerprint density at radius 3 is 1.75 bits per heavy atom. The molecule has 8 heavy (non-hydrogen) atoms. The molecule has 0 aliphatic rings. The van der Waals surface area contributed by atoms with Gasteiger partial charge in [-0.05, 0) is 6.92 Å². The molecule has 0 fully saturated rings. The van der Waals surface area contributed by atoms with E-state index in [1.807, 2.05) is 13.0 Å². The fourth-order valence-electron chi connectivity index (χ4n) is 0.433. The van der Waals surface area contributed by atoms with Crippen molar-refractivity contribution < 1.29 is 0 Å². The van der Waals surface area contributed by atoms with E-state index in [2.05, 4.69) is 20.8 Å². The van der Waals surface area contributed by atoms with Crippen LogP contribution in [0.5, 0.6) is 0 Å². The Morgan fingerprint density at radius 2 is 1.75 bits per heavy atom. The van der Waals surface area contributed by atoms with E-state index >= 15 is 0 Å². The third kappa shape index (κ3) is 2.01. The molecule has 0 aromatic rings. The van der Waals surface area contributed by atoms with Gasteiger partial charge in [0.05, 0.1) is 0 Å². The highest BCUT2D eigenvalue weighted by molar-refractivity contribution is 5.03. The monoisotopic (exact) mass is 113 g/mol. The molecule has 0 aliphatic carbocycles. The van der Waals surface area contributed by atoms with Gasteiger partial charge < -0.3 is 5.73 Å². The third-order valence-electron chi connectivity index (χ3n) is 1.18. The van der Waals surface area contributed by atoms with Crippen LogP contribution >= 0.6 is 0 Å². The second kappa shape index (κ2) is 2.21. The zero-order valence-corrected chi connectivity index (χ0v) is 6.15. The first kappa shape index (κ1) is 7.54. The Hall–Kier alpha value is -0.460. The Kier molecular flexibility index (Phi) is 2.08. The zero-order valence-electron chi connectivity index (χ0n) is 6.15. The van der Waals surface area contributed by atoms with Crippen LogP contribution in [0.15, 0.2) is 11.8 Å². The van der Waals surface area contributed by atoms with Gasteiger partial charge in [-0.25, -0.2) is 0 Å². The van der Waals surface area contributed by atoms with Crippen molar-refractivity contribution in [3.63, 3.8) is 0 Å². The van der Waals surface area contributed by atoms with Crippen LogP contribution in [0.2, 0.25) is 0 Å². The number of hydrogen-bond donors (Lipinski definition) is 1. The van der Waals surface area contributed by atoms with Crippen molar-refractivity contribution in [2.24, 2.45) is 11.1 Å². The fraction of sp³-hybridized carbons (Fsp3) is 0.714. The highest BCUT2D eigenvalue weighted by Gasteiger charge is 2.11. The maximum atomic E-state index is 5.61. The minimum Gasteiger partial charge on any atom is -0.402 e. The smallest absolute Gasteiger partial charge is 0.00917 e. The molecule has 1 nitrogen and oxygen atoms in total. The predicted octanol–water partition coefficient (Wildman–Crippen LogP) is 1.90. The van der Waals surface area contributed by atoms with Crippen molar-refractivity contribution in [3.8, 4) is 0 Å². The summed E-state index contributed by atoms with van der Waals surface area (Å²) in [6, 6.07) is 0. The van der Waals surface area contributed by atoms with Crippen molar-refractivity contribution in [2.45, 2.75) is 27.7 Å². The molecule has 0 unspecified atom stereocenters. The molecule has 0 radical (unpaired) electrons. The molecule has 2 N–H and O–H groups in total. The summed E-state index contributed by atoms with van der Waals surface area (Å²) in [5, 5.41) is 0. The first-order valence-electron chi connectivity index (χ1n) is 2.90. The maximum Gasteiger partial charge on any atom is 0.00917 e. The molecule has 0 heterocycles. The van der Waals surface area contributed by atoms with E-state index in [0.717, 1.165) is 5.70 Å². The van der Waals surface area contributed by atoms with E-state index in [9.17, 15) is 0 Å². The average molecular weight is 113 g/mol. The van der Waals surface area contributed by atoms with Crippen molar-refractivity contribution in [3.05, 3.63) is 11.8 Å². The lowest BCUT2D eigenvalue weighted by molar-refractivity contribution is 0.496. The first-order chi connectivity index (χ1) is 3.48. The van der Waals surface area contributed by atoms with E-state index in [-0.39, 0.29) is 5.41 Å². The van der Waals surface area contributed by atoms with Crippen molar-refractivity contribution in [1.82, 2.24) is 0 Å². The minimum absolute atomic E-state index is 0.148. The largest absolute Gasteiger partial charge is 0.402 e. The van der Waals surface area contributed by atoms with Crippen LogP contribution in [0.3, 0.4) is 0 Å². The van der Waals surface area contributed by atoms with Gasteiger partial charge in [0.15, 0.2) is 0 Å². The summed E-state index contributed by atoms with van der Waals surface area (Å²) in [6.45, 7) is 8.26. The van der Waals surface area contributed by atoms with Crippen molar-refractivity contribution in [2.75, 3.05) is 0 Å². The number of hydrogen-bond acceptors (Lipinski definition) is 1. The Labute approximate surface area is 51.6 Å². The summed E-state index contributed by atoms with van der Waals surface area (Å²) in [5.74, 6) is 0. The van der Waals surface area contributed by atoms with Gasteiger partial charge in [-0.3, -0.25) is 0 Å². The van der Waals surface area contributed by atoms with E-state index in [4.69, 9.17) is 5.73 Å². The minimum atomic E-state index is 0.148. The van der Waals surface area contributed by atoms with E-state index < -0.39 is 0 Å². The van der Waals surface area contributed by atoms with Crippen LogP contribution in [-0.2, 0) is 0 Å². The van der Waals surface area contributed by atoms with E-state index in [1.54, 1.807) is 0 Å².